The molecule has 0 aliphatic carbocycles. The molecule has 5 heteroatoms. The van der Waals surface area contributed by atoms with Gasteiger partial charge in [0.2, 0.25) is 0 Å². The molecule has 0 aromatic rings. The normalized spacial score (nSPS) is 16.6. The van der Waals surface area contributed by atoms with Crippen molar-refractivity contribution in [2.45, 2.75) is 39.0 Å². The Balaban J connectivity index is 4.41. The SMILES string of the molecule is CCC(N=C(N)NC(CC)N(C)C)N(C)C. The summed E-state index contributed by atoms with van der Waals surface area (Å²) in [5, 5.41) is 3.21. The lowest BCUT2D eigenvalue weighted by molar-refractivity contribution is 0.263. The number of rotatable bonds is 6. The maximum Gasteiger partial charge on any atom is 0.191 e. The van der Waals surface area contributed by atoms with Crippen LogP contribution in [0.25, 0.3) is 0 Å². The van der Waals surface area contributed by atoms with Crippen LogP contribution in [0.5, 0.6) is 0 Å². The average molecular weight is 229 g/mol. The zero-order chi connectivity index (χ0) is 12.7. The zero-order valence-corrected chi connectivity index (χ0v) is 11.5. The van der Waals surface area contributed by atoms with Crippen LogP contribution in [0.1, 0.15) is 26.7 Å². The highest BCUT2D eigenvalue weighted by atomic mass is 15.3. The first kappa shape index (κ1) is 15.2. The molecule has 16 heavy (non-hydrogen) atoms. The van der Waals surface area contributed by atoms with Gasteiger partial charge >= 0.3 is 0 Å². The van der Waals surface area contributed by atoms with Crippen LogP contribution in [-0.2, 0) is 0 Å². The van der Waals surface area contributed by atoms with Crippen LogP contribution in [0.15, 0.2) is 4.99 Å². The number of nitrogens with two attached hydrogens (primary N) is 1. The number of hydrogen-bond donors (Lipinski definition) is 2. The first-order chi connectivity index (χ1) is 7.42. The summed E-state index contributed by atoms with van der Waals surface area (Å²) in [4.78, 5) is 8.60. The molecule has 0 bridgehead atoms. The van der Waals surface area contributed by atoms with Gasteiger partial charge in [-0.15, -0.1) is 0 Å². The Morgan fingerprint density at radius 2 is 1.69 bits per heavy atom. The summed E-state index contributed by atoms with van der Waals surface area (Å²) < 4.78 is 0. The second-order valence-corrected chi connectivity index (χ2v) is 4.40. The van der Waals surface area contributed by atoms with E-state index >= 15 is 0 Å². The van der Waals surface area contributed by atoms with E-state index in [9.17, 15) is 0 Å². The molecule has 0 aromatic carbocycles. The van der Waals surface area contributed by atoms with Gasteiger partial charge in [-0.2, -0.15) is 0 Å². The van der Waals surface area contributed by atoms with E-state index in [1.54, 1.807) is 0 Å². The lowest BCUT2D eigenvalue weighted by Crippen LogP contribution is -2.48. The van der Waals surface area contributed by atoms with Gasteiger partial charge in [-0.25, -0.2) is 4.99 Å². The van der Waals surface area contributed by atoms with Gasteiger partial charge in [-0.05, 0) is 41.0 Å². The largest absolute Gasteiger partial charge is 0.370 e. The molecular formula is C11H27N5. The Morgan fingerprint density at radius 1 is 1.12 bits per heavy atom. The Kier molecular flexibility index (Phi) is 7.08. The van der Waals surface area contributed by atoms with Gasteiger partial charge in [0.05, 0.1) is 6.17 Å². The van der Waals surface area contributed by atoms with Crippen molar-refractivity contribution in [1.82, 2.24) is 15.1 Å². The van der Waals surface area contributed by atoms with Crippen molar-refractivity contribution in [2.75, 3.05) is 28.2 Å². The highest BCUT2D eigenvalue weighted by Gasteiger charge is 2.11. The van der Waals surface area contributed by atoms with Gasteiger partial charge in [0.1, 0.15) is 6.17 Å². The van der Waals surface area contributed by atoms with Crippen molar-refractivity contribution in [3.05, 3.63) is 0 Å². The van der Waals surface area contributed by atoms with Crippen molar-refractivity contribution < 1.29 is 0 Å². The molecule has 5 nitrogen and oxygen atoms in total. The maximum atomic E-state index is 5.89. The minimum Gasteiger partial charge on any atom is -0.370 e. The molecule has 0 saturated carbocycles. The van der Waals surface area contributed by atoms with Crippen LogP contribution in [0.4, 0.5) is 0 Å². The van der Waals surface area contributed by atoms with E-state index in [1.165, 1.54) is 0 Å². The van der Waals surface area contributed by atoms with E-state index in [0.717, 1.165) is 12.8 Å². The standard InChI is InChI=1S/C11H27N5/c1-7-9(15(3)4)13-11(12)14-10(8-2)16(5)6/h9-10H,7-8H2,1-6H3,(H3,12,13,14). The molecule has 0 saturated heterocycles. The molecule has 0 radical (unpaired) electrons. The molecule has 0 spiro atoms. The second kappa shape index (κ2) is 7.46. The highest BCUT2D eigenvalue weighted by molar-refractivity contribution is 5.78. The van der Waals surface area contributed by atoms with Crippen molar-refractivity contribution in [3.63, 3.8) is 0 Å². The Bertz CT molecular complexity index is 212. The van der Waals surface area contributed by atoms with Crippen molar-refractivity contribution in [3.8, 4) is 0 Å². The van der Waals surface area contributed by atoms with Gasteiger partial charge < -0.3 is 11.1 Å². The first-order valence-electron chi connectivity index (χ1n) is 5.85. The molecule has 2 atom stereocenters. The molecule has 0 amide bonds. The maximum absolute atomic E-state index is 5.89. The van der Waals surface area contributed by atoms with Crippen LogP contribution in [-0.4, -0.2) is 56.3 Å². The Labute approximate surface area is 99.7 Å². The summed E-state index contributed by atoms with van der Waals surface area (Å²) in [6.45, 7) is 4.22. The van der Waals surface area contributed by atoms with Gasteiger partial charge in [-0.1, -0.05) is 13.8 Å². The van der Waals surface area contributed by atoms with Gasteiger partial charge in [-0.3, -0.25) is 9.80 Å². The van der Waals surface area contributed by atoms with Crippen LogP contribution in [0, 0.1) is 0 Å². The summed E-state index contributed by atoms with van der Waals surface area (Å²) in [7, 11) is 8.07. The monoisotopic (exact) mass is 229 g/mol. The van der Waals surface area contributed by atoms with Crippen molar-refractivity contribution in [2.24, 2.45) is 10.7 Å². The minimum atomic E-state index is 0.146. The molecule has 3 N–H and O–H groups in total. The third kappa shape index (κ3) is 5.32. The molecule has 0 aliphatic rings. The predicted octanol–water partition coefficient (Wildman–Crippen LogP) is 0.486. The van der Waals surface area contributed by atoms with Gasteiger partial charge in [0.15, 0.2) is 5.96 Å². The van der Waals surface area contributed by atoms with Crippen molar-refractivity contribution in [1.29, 1.82) is 0 Å². The van der Waals surface area contributed by atoms with E-state index in [2.05, 4.69) is 34.0 Å². The summed E-state index contributed by atoms with van der Waals surface area (Å²) in [6, 6.07) is 0. The van der Waals surface area contributed by atoms with E-state index in [4.69, 9.17) is 5.73 Å². The fourth-order valence-corrected chi connectivity index (χ4v) is 1.54. The first-order valence-corrected chi connectivity index (χ1v) is 5.85. The summed E-state index contributed by atoms with van der Waals surface area (Å²) >= 11 is 0. The molecule has 0 fully saturated rings. The lowest BCUT2D eigenvalue weighted by Gasteiger charge is -2.26. The fourth-order valence-electron chi connectivity index (χ4n) is 1.54. The van der Waals surface area contributed by atoms with Crippen LogP contribution < -0.4 is 11.1 Å². The molecule has 0 aromatic heterocycles. The molecule has 96 valence electrons. The third-order valence-electron chi connectivity index (χ3n) is 2.57. The van der Waals surface area contributed by atoms with E-state index in [-0.39, 0.29) is 12.3 Å². The fraction of sp³-hybridized carbons (Fsp3) is 0.909. The average Bonchev–Trinajstić information content (AvgIpc) is 2.21. The highest BCUT2D eigenvalue weighted by Crippen LogP contribution is 2.00. The van der Waals surface area contributed by atoms with Crippen molar-refractivity contribution >= 4 is 5.96 Å². The Morgan fingerprint density at radius 3 is 2.00 bits per heavy atom. The summed E-state index contributed by atoms with van der Waals surface area (Å²) in [5.41, 5.74) is 5.89. The summed E-state index contributed by atoms with van der Waals surface area (Å²) in [6.07, 6.45) is 2.33. The Hall–Kier alpha value is -0.810. The van der Waals surface area contributed by atoms with E-state index < -0.39 is 0 Å². The van der Waals surface area contributed by atoms with Crippen LogP contribution in [0.3, 0.4) is 0 Å². The third-order valence-corrected chi connectivity index (χ3v) is 2.57. The van der Waals surface area contributed by atoms with Gasteiger partial charge in [0.25, 0.3) is 0 Å². The predicted molar refractivity (Wildman–Crippen MR) is 70.3 cm³/mol. The van der Waals surface area contributed by atoms with Gasteiger partial charge in [0, 0.05) is 0 Å². The van der Waals surface area contributed by atoms with Crippen LogP contribution in [0.2, 0.25) is 0 Å². The van der Waals surface area contributed by atoms with E-state index in [1.807, 2.05) is 28.2 Å². The topological polar surface area (TPSA) is 56.9 Å². The second-order valence-electron chi connectivity index (χ2n) is 4.40. The smallest absolute Gasteiger partial charge is 0.191 e. The molecule has 0 rings (SSSR count). The lowest BCUT2D eigenvalue weighted by atomic mass is 10.3. The quantitative estimate of drug-likeness (QED) is 0.395. The number of nitrogens with one attached hydrogen (secondary N) is 1. The molecule has 0 aliphatic heterocycles. The number of nitrogens with zero attached hydrogens (tertiary/aromatic N) is 3. The number of hydrogen-bond acceptors (Lipinski definition) is 3. The number of aliphatic imine (C=N–C) groups is 1. The summed E-state index contributed by atoms with van der Waals surface area (Å²) in [5.74, 6) is 0.515. The number of guanidine groups is 1. The minimum absolute atomic E-state index is 0.146. The van der Waals surface area contributed by atoms with E-state index in [0.29, 0.717) is 5.96 Å². The molecule has 2 unspecified atom stereocenters. The van der Waals surface area contributed by atoms with Crippen LogP contribution >= 0.6 is 0 Å². The zero-order valence-electron chi connectivity index (χ0n) is 11.5. The molecular weight excluding hydrogens is 202 g/mol. The molecule has 0 heterocycles.